The van der Waals surface area contributed by atoms with E-state index in [4.69, 9.17) is 20.8 Å². The van der Waals surface area contributed by atoms with Crippen LogP contribution in [0, 0.1) is 0 Å². The number of carbonyl (C=O) groups excluding carboxylic acids is 1. The molecule has 7 nitrogen and oxygen atoms in total. The molecule has 0 saturated carbocycles. The molecule has 34 heavy (non-hydrogen) atoms. The molecule has 0 aliphatic carbocycles. The molecule has 3 aromatic carbocycles. The minimum atomic E-state index is -3.81. The number of para-hydroxylation sites is 1. The summed E-state index contributed by atoms with van der Waals surface area (Å²) in [7, 11) is -3.81. The molecule has 1 heterocycles. The highest BCUT2D eigenvalue weighted by Crippen LogP contribution is 2.24. The van der Waals surface area contributed by atoms with E-state index in [2.05, 4.69) is 10.0 Å². The zero-order valence-electron chi connectivity index (χ0n) is 17.9. The molecule has 1 amide bonds. The lowest BCUT2D eigenvalue weighted by atomic mass is 10.1. The normalized spacial score (nSPS) is 11.2. The Bertz CT molecular complexity index is 1390. The Labute approximate surface area is 202 Å². The van der Waals surface area contributed by atoms with Crippen molar-refractivity contribution in [2.45, 2.75) is 18.0 Å². The molecule has 174 valence electrons. The highest BCUT2D eigenvalue weighted by Gasteiger charge is 2.17. The molecule has 0 aliphatic heterocycles. The average Bonchev–Trinajstić information content (AvgIpc) is 3.37. The predicted molar refractivity (Wildman–Crippen MR) is 129 cm³/mol. The number of furan rings is 1. The first kappa shape index (κ1) is 23.6. The van der Waals surface area contributed by atoms with Crippen molar-refractivity contribution in [3.8, 4) is 5.75 Å². The van der Waals surface area contributed by atoms with Gasteiger partial charge in [0.25, 0.3) is 5.91 Å². The third-order valence-corrected chi connectivity index (χ3v) is 6.66. The molecule has 0 fully saturated rings. The van der Waals surface area contributed by atoms with Gasteiger partial charge in [-0.3, -0.25) is 4.79 Å². The van der Waals surface area contributed by atoms with E-state index in [1.807, 2.05) is 18.2 Å². The van der Waals surface area contributed by atoms with Crippen LogP contribution in [0.3, 0.4) is 0 Å². The number of benzene rings is 3. The zero-order valence-corrected chi connectivity index (χ0v) is 19.5. The number of anilines is 1. The highest BCUT2D eigenvalue weighted by atomic mass is 35.5. The number of nitrogens with one attached hydrogen (secondary N) is 2. The van der Waals surface area contributed by atoms with Crippen LogP contribution in [-0.2, 0) is 23.2 Å². The fourth-order valence-electron chi connectivity index (χ4n) is 3.15. The molecular weight excluding hydrogens is 476 g/mol. The second-order valence-electron chi connectivity index (χ2n) is 7.26. The molecule has 0 unspecified atom stereocenters. The number of halogens is 1. The van der Waals surface area contributed by atoms with Gasteiger partial charge in [0, 0.05) is 16.3 Å². The largest absolute Gasteiger partial charge is 0.488 e. The molecule has 0 atom stereocenters. The van der Waals surface area contributed by atoms with Crippen LogP contribution < -0.4 is 14.8 Å². The molecular formula is C25H21ClN2O5S. The standard InChI is InChI=1S/C25H21ClN2O5S/c26-23-12-3-1-7-18(23)17-33-24-13-4-2-11-22(24)25(29)28-19-8-5-10-21(15-19)34(30,31)27-16-20-9-6-14-32-20/h1-15,27H,16-17H2,(H,28,29). The topological polar surface area (TPSA) is 97.6 Å². The number of hydrogen-bond acceptors (Lipinski definition) is 5. The summed E-state index contributed by atoms with van der Waals surface area (Å²) < 4.78 is 38.8. The average molecular weight is 497 g/mol. The molecule has 1 aromatic heterocycles. The summed E-state index contributed by atoms with van der Waals surface area (Å²) >= 11 is 6.18. The second kappa shape index (κ2) is 10.6. The van der Waals surface area contributed by atoms with E-state index in [1.165, 1.54) is 18.4 Å². The summed E-state index contributed by atoms with van der Waals surface area (Å²) in [6.45, 7) is 0.209. The van der Waals surface area contributed by atoms with Crippen LogP contribution in [0.4, 0.5) is 5.69 Å². The van der Waals surface area contributed by atoms with Gasteiger partial charge in [0.1, 0.15) is 18.1 Å². The molecule has 2 N–H and O–H groups in total. The Kier molecular flexibility index (Phi) is 7.32. The van der Waals surface area contributed by atoms with Crippen molar-refractivity contribution in [2.24, 2.45) is 0 Å². The number of rotatable bonds is 9. The van der Waals surface area contributed by atoms with Gasteiger partial charge in [0.2, 0.25) is 10.0 Å². The summed E-state index contributed by atoms with van der Waals surface area (Å²) in [5.41, 5.74) is 1.42. The number of ether oxygens (including phenoxy) is 1. The number of carbonyl (C=O) groups is 1. The van der Waals surface area contributed by atoms with Crippen molar-refractivity contribution < 1.29 is 22.4 Å². The smallest absolute Gasteiger partial charge is 0.259 e. The van der Waals surface area contributed by atoms with Crippen molar-refractivity contribution in [2.75, 3.05) is 5.32 Å². The van der Waals surface area contributed by atoms with Gasteiger partial charge < -0.3 is 14.5 Å². The summed E-state index contributed by atoms with van der Waals surface area (Å²) in [5, 5.41) is 3.31. The van der Waals surface area contributed by atoms with E-state index in [0.29, 0.717) is 27.8 Å². The van der Waals surface area contributed by atoms with Crippen LogP contribution in [-0.4, -0.2) is 14.3 Å². The summed E-state index contributed by atoms with van der Waals surface area (Å²) in [6.07, 6.45) is 1.47. The van der Waals surface area contributed by atoms with Gasteiger partial charge in [-0.15, -0.1) is 0 Å². The van der Waals surface area contributed by atoms with E-state index in [1.54, 1.807) is 54.6 Å². The minimum absolute atomic E-state index is 0.0140. The molecule has 0 bridgehead atoms. The van der Waals surface area contributed by atoms with Crippen molar-refractivity contribution in [3.05, 3.63) is 113 Å². The fraction of sp³-hybridized carbons (Fsp3) is 0.0800. The maximum absolute atomic E-state index is 13.0. The van der Waals surface area contributed by atoms with Crippen LogP contribution in [0.2, 0.25) is 5.02 Å². The van der Waals surface area contributed by atoms with Crippen molar-refractivity contribution in [3.63, 3.8) is 0 Å². The van der Waals surface area contributed by atoms with Crippen LogP contribution >= 0.6 is 11.6 Å². The lowest BCUT2D eigenvalue weighted by molar-refractivity contribution is 0.102. The van der Waals surface area contributed by atoms with E-state index >= 15 is 0 Å². The quantitative estimate of drug-likeness (QED) is 0.330. The Balaban J connectivity index is 1.46. The lowest BCUT2D eigenvalue weighted by Gasteiger charge is -2.13. The Morgan fingerprint density at radius 2 is 1.74 bits per heavy atom. The van der Waals surface area contributed by atoms with Crippen LogP contribution in [0.5, 0.6) is 5.75 Å². The third-order valence-electron chi connectivity index (χ3n) is 4.89. The third kappa shape index (κ3) is 5.85. The summed E-state index contributed by atoms with van der Waals surface area (Å²) in [4.78, 5) is 13.0. The number of hydrogen-bond donors (Lipinski definition) is 2. The van der Waals surface area contributed by atoms with Crippen molar-refractivity contribution in [1.82, 2.24) is 4.72 Å². The fourth-order valence-corrected chi connectivity index (χ4v) is 4.38. The first-order valence-corrected chi connectivity index (χ1v) is 12.2. The van der Waals surface area contributed by atoms with E-state index in [9.17, 15) is 13.2 Å². The van der Waals surface area contributed by atoms with Gasteiger partial charge >= 0.3 is 0 Å². The Hall–Kier alpha value is -3.59. The van der Waals surface area contributed by atoms with E-state index in [0.717, 1.165) is 5.56 Å². The Morgan fingerprint density at radius 3 is 2.53 bits per heavy atom. The first-order chi connectivity index (χ1) is 16.4. The minimum Gasteiger partial charge on any atom is -0.488 e. The van der Waals surface area contributed by atoms with Crippen LogP contribution in [0.25, 0.3) is 0 Å². The summed E-state index contributed by atoms with van der Waals surface area (Å²) in [6, 6.07) is 23.4. The Morgan fingerprint density at radius 1 is 0.941 bits per heavy atom. The van der Waals surface area contributed by atoms with Gasteiger partial charge in [-0.05, 0) is 48.5 Å². The molecule has 9 heteroatoms. The molecule has 0 saturated heterocycles. The lowest BCUT2D eigenvalue weighted by Crippen LogP contribution is -2.23. The number of amides is 1. The maximum Gasteiger partial charge on any atom is 0.259 e. The van der Waals surface area contributed by atoms with Gasteiger partial charge in [0.05, 0.1) is 23.3 Å². The van der Waals surface area contributed by atoms with Gasteiger partial charge in [0.15, 0.2) is 0 Å². The SMILES string of the molecule is O=C(Nc1cccc(S(=O)(=O)NCc2ccco2)c1)c1ccccc1OCc1ccccc1Cl. The monoisotopic (exact) mass is 496 g/mol. The van der Waals surface area contributed by atoms with Crippen LogP contribution in [0.1, 0.15) is 21.7 Å². The predicted octanol–water partition coefficient (Wildman–Crippen LogP) is 5.24. The molecule has 0 radical (unpaired) electrons. The van der Waals surface area contributed by atoms with Gasteiger partial charge in [-0.2, -0.15) is 0 Å². The summed E-state index contributed by atoms with van der Waals surface area (Å²) in [5.74, 6) is 0.429. The van der Waals surface area contributed by atoms with Gasteiger partial charge in [-0.25, -0.2) is 13.1 Å². The van der Waals surface area contributed by atoms with Crippen molar-refractivity contribution >= 4 is 33.2 Å². The van der Waals surface area contributed by atoms with E-state index < -0.39 is 15.9 Å². The first-order valence-electron chi connectivity index (χ1n) is 10.3. The second-order valence-corrected chi connectivity index (χ2v) is 9.44. The van der Waals surface area contributed by atoms with Crippen molar-refractivity contribution in [1.29, 1.82) is 0 Å². The van der Waals surface area contributed by atoms with E-state index in [-0.39, 0.29) is 18.0 Å². The van der Waals surface area contributed by atoms with Crippen LogP contribution in [0.15, 0.2) is 101 Å². The highest BCUT2D eigenvalue weighted by molar-refractivity contribution is 7.89. The molecule has 0 aliphatic rings. The number of sulfonamides is 1. The molecule has 4 aromatic rings. The molecule has 0 spiro atoms. The maximum atomic E-state index is 13.0. The molecule has 4 rings (SSSR count). The van der Waals surface area contributed by atoms with Gasteiger partial charge in [-0.1, -0.05) is 48.0 Å². The zero-order chi connectivity index (χ0) is 24.0.